The molecule has 1 amide bonds. The minimum Gasteiger partial charge on any atom is -0.481 e. The average Bonchev–Trinajstić information content (AvgIpc) is 2.34. The van der Waals surface area contributed by atoms with Gasteiger partial charge in [0.25, 0.3) is 0 Å². The smallest absolute Gasteiger partial charge is 0.303 e. The van der Waals surface area contributed by atoms with E-state index in [0.717, 1.165) is 12.8 Å². The first-order valence-corrected chi connectivity index (χ1v) is 6.94. The second kappa shape index (κ2) is 8.15. The lowest BCUT2D eigenvalue weighted by atomic mass is 9.84. The van der Waals surface area contributed by atoms with E-state index in [1.54, 1.807) is 0 Å². The van der Waals surface area contributed by atoms with E-state index in [-0.39, 0.29) is 23.7 Å². The van der Waals surface area contributed by atoms with Gasteiger partial charge >= 0.3 is 5.97 Å². The van der Waals surface area contributed by atoms with Crippen LogP contribution < -0.4 is 11.1 Å². The van der Waals surface area contributed by atoms with Crippen LogP contribution >= 0.6 is 0 Å². The maximum Gasteiger partial charge on any atom is 0.303 e. The van der Waals surface area contributed by atoms with Crippen LogP contribution in [-0.2, 0) is 9.59 Å². The lowest BCUT2D eigenvalue weighted by Gasteiger charge is -2.25. The van der Waals surface area contributed by atoms with Crippen molar-refractivity contribution < 1.29 is 14.7 Å². The van der Waals surface area contributed by atoms with Crippen LogP contribution in [0.1, 0.15) is 53.4 Å². The highest BCUT2D eigenvalue weighted by molar-refractivity contribution is 5.81. The molecule has 4 N–H and O–H groups in total. The Morgan fingerprint density at radius 3 is 2.37 bits per heavy atom. The van der Waals surface area contributed by atoms with Crippen molar-refractivity contribution in [2.45, 2.75) is 59.4 Å². The highest BCUT2D eigenvalue weighted by atomic mass is 16.4. The molecule has 0 saturated carbocycles. The third-order valence-corrected chi connectivity index (χ3v) is 3.68. The van der Waals surface area contributed by atoms with Gasteiger partial charge in [-0.25, -0.2) is 0 Å². The van der Waals surface area contributed by atoms with Crippen molar-refractivity contribution in [3.63, 3.8) is 0 Å². The van der Waals surface area contributed by atoms with Gasteiger partial charge in [0, 0.05) is 13.0 Å². The molecule has 5 nitrogen and oxygen atoms in total. The van der Waals surface area contributed by atoms with Crippen LogP contribution in [-0.4, -0.2) is 29.6 Å². The van der Waals surface area contributed by atoms with Gasteiger partial charge in [-0.05, 0) is 24.2 Å². The first-order valence-electron chi connectivity index (χ1n) is 6.94. The van der Waals surface area contributed by atoms with Crippen LogP contribution in [0, 0.1) is 11.3 Å². The summed E-state index contributed by atoms with van der Waals surface area (Å²) in [6.45, 7) is 8.52. The molecule has 0 aromatic heterocycles. The molecule has 0 bridgehead atoms. The van der Waals surface area contributed by atoms with E-state index in [2.05, 4.69) is 5.32 Å². The van der Waals surface area contributed by atoms with Crippen LogP contribution in [0.25, 0.3) is 0 Å². The summed E-state index contributed by atoms with van der Waals surface area (Å²) in [6, 6.07) is -0.466. The largest absolute Gasteiger partial charge is 0.481 e. The molecule has 19 heavy (non-hydrogen) atoms. The van der Waals surface area contributed by atoms with Gasteiger partial charge in [0.05, 0.1) is 6.04 Å². The number of carbonyl (C=O) groups excluding carboxylic acids is 1. The fourth-order valence-corrected chi connectivity index (χ4v) is 1.72. The van der Waals surface area contributed by atoms with Gasteiger partial charge in [0.1, 0.15) is 0 Å². The van der Waals surface area contributed by atoms with Gasteiger partial charge in [0.2, 0.25) is 5.91 Å². The van der Waals surface area contributed by atoms with E-state index in [4.69, 9.17) is 10.8 Å². The predicted molar refractivity (Wildman–Crippen MR) is 75.7 cm³/mol. The molecule has 0 saturated heterocycles. The first kappa shape index (κ1) is 17.9. The Bertz CT molecular complexity index is 303. The van der Waals surface area contributed by atoms with Gasteiger partial charge in [-0.15, -0.1) is 0 Å². The molecular weight excluding hydrogens is 244 g/mol. The topological polar surface area (TPSA) is 92.4 Å². The molecular formula is C14H28N2O3. The zero-order valence-corrected chi connectivity index (χ0v) is 12.5. The number of hydrogen-bond acceptors (Lipinski definition) is 3. The maximum absolute atomic E-state index is 11.8. The van der Waals surface area contributed by atoms with E-state index in [1.807, 2.05) is 27.7 Å². The monoisotopic (exact) mass is 272 g/mol. The third kappa shape index (κ3) is 7.82. The molecule has 0 radical (unpaired) electrons. The summed E-state index contributed by atoms with van der Waals surface area (Å²) < 4.78 is 0. The number of carboxylic acid groups (broad SMARTS) is 1. The van der Waals surface area contributed by atoms with Gasteiger partial charge in [-0.2, -0.15) is 0 Å². The lowest BCUT2D eigenvalue weighted by Crippen LogP contribution is -2.45. The van der Waals surface area contributed by atoms with Gasteiger partial charge in [-0.1, -0.05) is 34.1 Å². The van der Waals surface area contributed by atoms with Crippen molar-refractivity contribution in [3.05, 3.63) is 0 Å². The molecule has 0 aliphatic carbocycles. The Hall–Kier alpha value is -1.10. The summed E-state index contributed by atoms with van der Waals surface area (Å²) in [5, 5.41) is 11.5. The fraction of sp³-hybridized carbons (Fsp3) is 0.857. The molecule has 0 aliphatic rings. The van der Waals surface area contributed by atoms with Crippen LogP contribution in [0.15, 0.2) is 0 Å². The summed E-state index contributed by atoms with van der Waals surface area (Å²) in [5.41, 5.74) is 5.74. The molecule has 0 aromatic rings. The minimum atomic E-state index is -0.782. The molecule has 0 aliphatic heterocycles. The van der Waals surface area contributed by atoms with Crippen molar-refractivity contribution in [2.24, 2.45) is 17.1 Å². The predicted octanol–water partition coefficient (Wildman–Crippen LogP) is 1.76. The average molecular weight is 272 g/mol. The summed E-state index contributed by atoms with van der Waals surface area (Å²) >= 11 is 0. The zero-order chi connectivity index (χ0) is 15.1. The Kier molecular flexibility index (Phi) is 7.68. The number of amides is 1. The Labute approximate surface area is 115 Å². The number of carbonyl (C=O) groups is 2. The van der Waals surface area contributed by atoms with Crippen LogP contribution in [0.5, 0.6) is 0 Å². The van der Waals surface area contributed by atoms with Crippen LogP contribution in [0.2, 0.25) is 0 Å². The fourth-order valence-electron chi connectivity index (χ4n) is 1.72. The molecule has 0 rings (SSSR count). The zero-order valence-electron chi connectivity index (χ0n) is 12.5. The summed E-state index contributed by atoms with van der Waals surface area (Å²) in [5.74, 6) is -0.737. The number of rotatable bonds is 9. The summed E-state index contributed by atoms with van der Waals surface area (Å²) in [4.78, 5) is 22.3. The SMILES string of the molecule is CCC(C)C(N)C(=O)NCCC(C)(C)CCC(=O)O. The van der Waals surface area contributed by atoms with E-state index < -0.39 is 12.0 Å². The number of carboxylic acids is 1. The van der Waals surface area contributed by atoms with Crippen molar-refractivity contribution in [2.75, 3.05) is 6.54 Å². The van der Waals surface area contributed by atoms with E-state index in [1.165, 1.54) is 0 Å². The van der Waals surface area contributed by atoms with Crippen molar-refractivity contribution in [1.82, 2.24) is 5.32 Å². The standard InChI is InChI=1S/C14H28N2O3/c1-5-10(2)12(15)13(19)16-9-8-14(3,4)7-6-11(17)18/h10,12H,5-9,15H2,1-4H3,(H,16,19)(H,17,18). The minimum absolute atomic E-state index is 0.0911. The molecule has 0 fully saturated rings. The third-order valence-electron chi connectivity index (χ3n) is 3.68. The van der Waals surface area contributed by atoms with E-state index in [0.29, 0.717) is 13.0 Å². The number of nitrogens with two attached hydrogens (primary N) is 1. The molecule has 112 valence electrons. The number of nitrogens with one attached hydrogen (secondary N) is 1. The Morgan fingerprint density at radius 1 is 1.32 bits per heavy atom. The number of aliphatic carboxylic acids is 1. The molecule has 0 spiro atoms. The van der Waals surface area contributed by atoms with E-state index in [9.17, 15) is 9.59 Å². The summed E-state index contributed by atoms with van der Waals surface area (Å²) in [6.07, 6.45) is 2.39. The summed E-state index contributed by atoms with van der Waals surface area (Å²) in [7, 11) is 0. The maximum atomic E-state index is 11.8. The molecule has 2 atom stereocenters. The van der Waals surface area contributed by atoms with Crippen molar-refractivity contribution in [1.29, 1.82) is 0 Å². The highest BCUT2D eigenvalue weighted by Crippen LogP contribution is 2.26. The molecule has 2 unspecified atom stereocenters. The number of hydrogen-bond donors (Lipinski definition) is 3. The van der Waals surface area contributed by atoms with Gasteiger partial charge < -0.3 is 16.2 Å². The van der Waals surface area contributed by atoms with Gasteiger partial charge in [0.15, 0.2) is 0 Å². The van der Waals surface area contributed by atoms with Gasteiger partial charge in [-0.3, -0.25) is 9.59 Å². The second-order valence-corrected chi connectivity index (χ2v) is 6.01. The quantitative estimate of drug-likeness (QED) is 0.596. The lowest BCUT2D eigenvalue weighted by molar-refractivity contribution is -0.137. The highest BCUT2D eigenvalue weighted by Gasteiger charge is 2.22. The molecule has 5 heteroatoms. The van der Waals surface area contributed by atoms with Crippen LogP contribution in [0.4, 0.5) is 0 Å². The van der Waals surface area contributed by atoms with Crippen LogP contribution in [0.3, 0.4) is 0 Å². The van der Waals surface area contributed by atoms with Crippen molar-refractivity contribution in [3.8, 4) is 0 Å². The first-order chi connectivity index (χ1) is 8.69. The Balaban J connectivity index is 4.01. The normalized spacial score (nSPS) is 14.8. The Morgan fingerprint density at radius 2 is 1.89 bits per heavy atom. The molecule has 0 heterocycles. The second-order valence-electron chi connectivity index (χ2n) is 6.01. The van der Waals surface area contributed by atoms with E-state index >= 15 is 0 Å². The van der Waals surface area contributed by atoms with Crippen molar-refractivity contribution >= 4 is 11.9 Å². The molecule has 0 aromatic carbocycles.